The molecule has 1 aromatic rings. The van der Waals surface area contributed by atoms with Gasteiger partial charge in [-0.05, 0) is 37.5 Å². The molecule has 1 amide bonds. The molecule has 0 aromatic heterocycles. The number of halogens is 1. The van der Waals surface area contributed by atoms with Gasteiger partial charge in [-0.25, -0.2) is 12.7 Å². The molecular weight excluding hydrogens is 368 g/mol. The number of nitrogens with one attached hydrogen (secondary N) is 1. The SMILES string of the molecule is CCCS(=O)(=O)N1CCCC(C(=O)Nc2cccc(Br)c2)C1. The van der Waals surface area contributed by atoms with E-state index in [1.165, 1.54) is 4.31 Å². The van der Waals surface area contributed by atoms with E-state index in [9.17, 15) is 13.2 Å². The Bertz CT molecular complexity index is 633. The zero-order chi connectivity index (χ0) is 16.2. The first kappa shape index (κ1) is 17.4. The van der Waals surface area contributed by atoms with E-state index in [1.807, 2.05) is 31.2 Å². The Balaban J connectivity index is 2.01. The molecule has 7 heteroatoms. The van der Waals surface area contributed by atoms with Gasteiger partial charge in [-0.3, -0.25) is 4.79 Å². The summed E-state index contributed by atoms with van der Waals surface area (Å²) in [5, 5.41) is 2.87. The van der Waals surface area contributed by atoms with E-state index in [0.717, 1.165) is 17.3 Å². The number of carbonyl (C=O) groups excluding carboxylic acids is 1. The second-order valence-corrected chi connectivity index (χ2v) is 8.52. The van der Waals surface area contributed by atoms with Crippen molar-refractivity contribution < 1.29 is 13.2 Å². The van der Waals surface area contributed by atoms with Crippen molar-refractivity contribution >= 4 is 37.5 Å². The summed E-state index contributed by atoms with van der Waals surface area (Å²) >= 11 is 3.36. The lowest BCUT2D eigenvalue weighted by molar-refractivity contribution is -0.120. The Labute approximate surface area is 140 Å². The molecule has 1 saturated heterocycles. The molecule has 1 fully saturated rings. The van der Waals surface area contributed by atoms with Crippen molar-refractivity contribution in [3.05, 3.63) is 28.7 Å². The topological polar surface area (TPSA) is 66.5 Å². The summed E-state index contributed by atoms with van der Waals surface area (Å²) in [7, 11) is -3.23. The Morgan fingerprint density at radius 2 is 2.23 bits per heavy atom. The molecule has 122 valence electrons. The molecule has 1 aromatic carbocycles. The first-order valence-electron chi connectivity index (χ1n) is 7.46. The summed E-state index contributed by atoms with van der Waals surface area (Å²) in [6, 6.07) is 7.37. The van der Waals surface area contributed by atoms with Crippen molar-refractivity contribution in [1.82, 2.24) is 4.31 Å². The highest BCUT2D eigenvalue weighted by molar-refractivity contribution is 9.10. The molecule has 1 aliphatic heterocycles. The molecule has 5 nitrogen and oxygen atoms in total. The highest BCUT2D eigenvalue weighted by Gasteiger charge is 2.31. The minimum absolute atomic E-state index is 0.116. The van der Waals surface area contributed by atoms with Crippen LogP contribution in [0.1, 0.15) is 26.2 Å². The van der Waals surface area contributed by atoms with Gasteiger partial charge in [-0.2, -0.15) is 0 Å². The van der Waals surface area contributed by atoms with Crippen LogP contribution >= 0.6 is 15.9 Å². The number of anilines is 1. The Morgan fingerprint density at radius 1 is 1.45 bits per heavy atom. The van der Waals surface area contributed by atoms with Crippen LogP contribution in [0.25, 0.3) is 0 Å². The highest BCUT2D eigenvalue weighted by atomic mass is 79.9. The van der Waals surface area contributed by atoms with Crippen LogP contribution in [0.2, 0.25) is 0 Å². The van der Waals surface area contributed by atoms with Gasteiger partial charge in [0.2, 0.25) is 15.9 Å². The van der Waals surface area contributed by atoms with Crippen molar-refractivity contribution in [2.45, 2.75) is 26.2 Å². The summed E-state index contributed by atoms with van der Waals surface area (Å²) < 4.78 is 26.6. The second-order valence-electron chi connectivity index (χ2n) is 5.51. The quantitative estimate of drug-likeness (QED) is 0.842. The zero-order valence-electron chi connectivity index (χ0n) is 12.6. The van der Waals surface area contributed by atoms with E-state index in [4.69, 9.17) is 0 Å². The van der Waals surface area contributed by atoms with E-state index in [-0.39, 0.29) is 24.1 Å². The van der Waals surface area contributed by atoms with E-state index < -0.39 is 10.0 Å². The van der Waals surface area contributed by atoms with Gasteiger partial charge in [0, 0.05) is 23.2 Å². The molecule has 0 aliphatic carbocycles. The number of hydrogen-bond acceptors (Lipinski definition) is 3. The number of nitrogens with zero attached hydrogens (tertiary/aromatic N) is 1. The lowest BCUT2D eigenvalue weighted by Gasteiger charge is -2.31. The second kappa shape index (κ2) is 7.57. The summed E-state index contributed by atoms with van der Waals surface area (Å²) in [6.45, 7) is 2.64. The molecule has 2 rings (SSSR count). The van der Waals surface area contributed by atoms with Crippen molar-refractivity contribution in [3.8, 4) is 0 Å². The third kappa shape index (κ3) is 4.54. The summed E-state index contributed by atoms with van der Waals surface area (Å²) in [4.78, 5) is 12.4. The molecule has 0 radical (unpaired) electrons. The van der Waals surface area contributed by atoms with Crippen molar-refractivity contribution in [2.24, 2.45) is 5.92 Å². The fourth-order valence-electron chi connectivity index (χ4n) is 2.61. The number of amides is 1. The third-order valence-electron chi connectivity index (χ3n) is 3.70. The summed E-state index contributed by atoms with van der Waals surface area (Å²) in [5.41, 5.74) is 0.716. The summed E-state index contributed by atoms with van der Waals surface area (Å²) in [5.74, 6) is -0.263. The average molecular weight is 389 g/mol. The van der Waals surface area contributed by atoms with Crippen LogP contribution < -0.4 is 5.32 Å². The third-order valence-corrected chi connectivity index (χ3v) is 6.24. The molecule has 1 aliphatic rings. The molecule has 22 heavy (non-hydrogen) atoms. The lowest BCUT2D eigenvalue weighted by atomic mass is 9.99. The van der Waals surface area contributed by atoms with E-state index in [2.05, 4.69) is 21.2 Å². The molecule has 0 bridgehead atoms. The van der Waals surface area contributed by atoms with Crippen LogP contribution in [0.5, 0.6) is 0 Å². The average Bonchev–Trinajstić information content (AvgIpc) is 2.47. The maximum atomic E-state index is 12.4. The standard InChI is InChI=1S/C15H21BrN2O3S/c1-2-9-22(20,21)18-8-4-5-12(11-18)15(19)17-14-7-3-6-13(16)10-14/h3,6-7,10,12H,2,4-5,8-9,11H2,1H3,(H,17,19). The smallest absolute Gasteiger partial charge is 0.228 e. The molecular formula is C15H21BrN2O3S. The van der Waals surface area contributed by atoms with E-state index >= 15 is 0 Å². The fraction of sp³-hybridized carbons (Fsp3) is 0.533. The normalized spacial score (nSPS) is 19.8. The molecule has 0 saturated carbocycles. The lowest BCUT2D eigenvalue weighted by Crippen LogP contribution is -2.44. The molecule has 1 N–H and O–H groups in total. The van der Waals surface area contributed by atoms with Crippen molar-refractivity contribution in [1.29, 1.82) is 0 Å². The number of benzene rings is 1. The minimum Gasteiger partial charge on any atom is -0.326 e. The van der Waals surface area contributed by atoms with Crippen LogP contribution in [0.15, 0.2) is 28.7 Å². The Morgan fingerprint density at radius 3 is 2.91 bits per heavy atom. The van der Waals surface area contributed by atoms with Gasteiger partial charge < -0.3 is 5.32 Å². The molecule has 1 unspecified atom stereocenters. The molecule has 0 spiro atoms. The van der Waals surface area contributed by atoms with Gasteiger partial charge in [0.15, 0.2) is 0 Å². The fourth-order valence-corrected chi connectivity index (χ4v) is 4.59. The van der Waals surface area contributed by atoms with Gasteiger partial charge in [-0.1, -0.05) is 28.9 Å². The Kier molecular flexibility index (Phi) is 6.00. The maximum absolute atomic E-state index is 12.4. The maximum Gasteiger partial charge on any atom is 0.228 e. The van der Waals surface area contributed by atoms with Crippen LogP contribution in [-0.2, 0) is 14.8 Å². The minimum atomic E-state index is -3.23. The number of sulfonamides is 1. The van der Waals surface area contributed by atoms with Crippen LogP contribution in [0.4, 0.5) is 5.69 Å². The number of piperidine rings is 1. The van der Waals surface area contributed by atoms with E-state index in [0.29, 0.717) is 18.7 Å². The predicted molar refractivity (Wildman–Crippen MR) is 91.1 cm³/mol. The first-order chi connectivity index (χ1) is 10.4. The van der Waals surface area contributed by atoms with E-state index in [1.54, 1.807) is 0 Å². The predicted octanol–water partition coefficient (Wildman–Crippen LogP) is 2.84. The number of hydrogen-bond donors (Lipinski definition) is 1. The summed E-state index contributed by atoms with van der Waals surface area (Å²) in [6.07, 6.45) is 2.03. The van der Waals surface area contributed by atoms with Gasteiger partial charge >= 0.3 is 0 Å². The highest BCUT2D eigenvalue weighted by Crippen LogP contribution is 2.22. The van der Waals surface area contributed by atoms with Crippen LogP contribution in [0, 0.1) is 5.92 Å². The monoisotopic (exact) mass is 388 g/mol. The number of rotatable bonds is 5. The van der Waals surface area contributed by atoms with Crippen molar-refractivity contribution in [2.75, 3.05) is 24.2 Å². The van der Waals surface area contributed by atoms with Gasteiger partial charge in [0.05, 0.1) is 11.7 Å². The Hall–Kier alpha value is -0.920. The van der Waals surface area contributed by atoms with Gasteiger partial charge in [-0.15, -0.1) is 0 Å². The zero-order valence-corrected chi connectivity index (χ0v) is 15.0. The molecule has 1 atom stereocenters. The van der Waals surface area contributed by atoms with Gasteiger partial charge in [0.1, 0.15) is 0 Å². The van der Waals surface area contributed by atoms with Crippen molar-refractivity contribution in [3.63, 3.8) is 0 Å². The first-order valence-corrected chi connectivity index (χ1v) is 9.87. The number of carbonyl (C=O) groups is 1. The van der Waals surface area contributed by atoms with Crippen LogP contribution in [-0.4, -0.2) is 37.5 Å². The van der Waals surface area contributed by atoms with Crippen LogP contribution in [0.3, 0.4) is 0 Å². The molecule has 1 heterocycles. The van der Waals surface area contributed by atoms with Gasteiger partial charge in [0.25, 0.3) is 0 Å². The largest absolute Gasteiger partial charge is 0.326 e.